The zero-order chi connectivity index (χ0) is 28.6. The van der Waals surface area contributed by atoms with Crippen LogP contribution in [0.25, 0.3) is 11.3 Å². The number of aromatic nitrogens is 2. The van der Waals surface area contributed by atoms with Gasteiger partial charge in [0.05, 0.1) is 5.69 Å². The highest BCUT2D eigenvalue weighted by atomic mass is 32.2. The predicted octanol–water partition coefficient (Wildman–Crippen LogP) is 2.14. The molecule has 5 rings (SSSR count). The first kappa shape index (κ1) is 27.8. The van der Waals surface area contributed by atoms with Crippen molar-refractivity contribution in [1.82, 2.24) is 20.2 Å². The van der Waals surface area contributed by atoms with Crippen LogP contribution >= 0.6 is 46.2 Å². The standard InChI is InChI=1S/C23H20N6O7S4/c1-36-28-15(12-8-38-22(24)25-12)18(32)27-16-19(33)29-17(21(34)35)10(5-37-20(16)29)6-39-23-26-11(7-40-23)9-2-3-13(30)14(31)4-9/h2-4,7-8,16,20,30-31H,5-6H2,1H3,(H2,24,25)(H,27,32)(H,34,35)/t16-,20-/m1/s1. The molecule has 3 aromatic rings. The van der Waals surface area contributed by atoms with E-state index in [9.17, 15) is 29.7 Å². The molecule has 2 aliphatic rings. The lowest BCUT2D eigenvalue weighted by Crippen LogP contribution is -2.71. The molecule has 4 heterocycles. The summed E-state index contributed by atoms with van der Waals surface area (Å²) in [7, 11) is 1.27. The number of benzene rings is 1. The molecule has 6 N–H and O–H groups in total. The first-order valence-electron chi connectivity index (χ1n) is 11.3. The number of β-lactam (4-membered cyclic amide) rings is 1. The summed E-state index contributed by atoms with van der Waals surface area (Å²) in [5, 5.41) is 38.5. The van der Waals surface area contributed by atoms with E-state index >= 15 is 0 Å². The molecule has 0 radical (unpaired) electrons. The molecule has 0 saturated carbocycles. The number of carbonyl (C=O) groups is 3. The molecule has 2 aromatic heterocycles. The molecular weight excluding hydrogens is 601 g/mol. The minimum atomic E-state index is -1.24. The van der Waals surface area contributed by atoms with Crippen LogP contribution in [0.4, 0.5) is 5.13 Å². The molecule has 0 bridgehead atoms. The van der Waals surface area contributed by atoms with Gasteiger partial charge in [-0.1, -0.05) is 16.9 Å². The van der Waals surface area contributed by atoms with E-state index in [0.29, 0.717) is 26.9 Å². The Labute approximate surface area is 242 Å². The topological polar surface area (TPSA) is 201 Å². The third-order valence-electron chi connectivity index (χ3n) is 5.82. The highest BCUT2D eigenvalue weighted by Gasteiger charge is 2.54. The van der Waals surface area contributed by atoms with Gasteiger partial charge in [-0.05, 0) is 23.8 Å². The van der Waals surface area contributed by atoms with Crippen LogP contribution in [0.3, 0.4) is 0 Å². The van der Waals surface area contributed by atoms with E-state index in [1.54, 1.807) is 11.4 Å². The summed E-state index contributed by atoms with van der Waals surface area (Å²) in [5.41, 5.74) is 7.36. The second kappa shape index (κ2) is 11.4. The fourth-order valence-electron chi connectivity index (χ4n) is 3.98. The fourth-order valence-corrected chi connectivity index (χ4v) is 7.85. The van der Waals surface area contributed by atoms with Gasteiger partial charge in [-0.2, -0.15) is 0 Å². The second-order valence-electron chi connectivity index (χ2n) is 8.30. The number of nitrogens with one attached hydrogen (secondary N) is 1. The van der Waals surface area contributed by atoms with Crippen molar-refractivity contribution in [2.75, 3.05) is 24.3 Å². The maximum absolute atomic E-state index is 13.0. The third kappa shape index (κ3) is 5.32. The lowest BCUT2D eigenvalue weighted by atomic mass is 10.0. The number of phenolic OH excluding ortho intramolecular Hbond substituents is 2. The molecule has 13 nitrogen and oxygen atoms in total. The molecular formula is C23H20N6O7S4. The van der Waals surface area contributed by atoms with E-state index in [1.165, 1.54) is 64.4 Å². The number of thiazole rings is 2. The number of phenols is 2. The maximum Gasteiger partial charge on any atom is 0.352 e. The van der Waals surface area contributed by atoms with Crippen LogP contribution in [0, 0.1) is 0 Å². The highest BCUT2D eigenvalue weighted by molar-refractivity contribution is 8.01. The minimum Gasteiger partial charge on any atom is -0.504 e. The summed E-state index contributed by atoms with van der Waals surface area (Å²) in [4.78, 5) is 52.6. The number of aromatic hydroxyl groups is 2. The number of carboxylic acid groups (broad SMARTS) is 1. The number of nitrogen functional groups attached to an aromatic ring is 1. The summed E-state index contributed by atoms with van der Waals surface area (Å²) >= 11 is 5.14. The number of anilines is 1. The average Bonchev–Trinajstić information content (AvgIpc) is 3.59. The number of amides is 2. The van der Waals surface area contributed by atoms with Crippen LogP contribution in [0.15, 0.2) is 49.7 Å². The quantitative estimate of drug-likeness (QED) is 0.0768. The molecule has 0 unspecified atom stereocenters. The van der Waals surface area contributed by atoms with Crippen molar-refractivity contribution in [3.8, 4) is 22.8 Å². The monoisotopic (exact) mass is 620 g/mol. The van der Waals surface area contributed by atoms with E-state index < -0.39 is 29.2 Å². The highest BCUT2D eigenvalue weighted by Crippen LogP contribution is 2.42. The zero-order valence-corrected chi connectivity index (χ0v) is 23.7. The average molecular weight is 621 g/mol. The molecule has 40 heavy (non-hydrogen) atoms. The summed E-state index contributed by atoms with van der Waals surface area (Å²) in [5.74, 6) is -2.36. The van der Waals surface area contributed by atoms with Crippen molar-refractivity contribution in [2.45, 2.75) is 15.8 Å². The van der Waals surface area contributed by atoms with Crippen LogP contribution in [-0.2, 0) is 19.2 Å². The number of hydrogen-bond acceptors (Lipinski definition) is 14. The van der Waals surface area contributed by atoms with Gasteiger partial charge in [0.15, 0.2) is 26.7 Å². The number of nitrogens with two attached hydrogens (primary N) is 1. The Hall–Kier alpha value is -3.80. The molecule has 1 saturated heterocycles. The molecule has 2 atom stereocenters. The van der Waals surface area contributed by atoms with Crippen LogP contribution in [-0.4, -0.2) is 83.7 Å². The van der Waals surface area contributed by atoms with Gasteiger partial charge in [0.1, 0.15) is 29.9 Å². The lowest BCUT2D eigenvalue weighted by molar-refractivity contribution is -0.150. The number of fused-ring (bicyclic) bond motifs is 1. The van der Waals surface area contributed by atoms with Crippen LogP contribution < -0.4 is 11.1 Å². The number of carboxylic acids is 1. The van der Waals surface area contributed by atoms with Gasteiger partial charge in [-0.25, -0.2) is 14.8 Å². The number of oxime groups is 1. The fraction of sp³-hybridized carbons (Fsp3) is 0.217. The number of thioether (sulfide) groups is 2. The smallest absolute Gasteiger partial charge is 0.352 e. The number of aliphatic carboxylic acids is 1. The van der Waals surface area contributed by atoms with Gasteiger partial charge < -0.3 is 31.2 Å². The van der Waals surface area contributed by atoms with E-state index in [-0.39, 0.29) is 39.5 Å². The third-order valence-corrected chi connectivity index (χ3v) is 9.94. The maximum atomic E-state index is 13.0. The Bertz CT molecular complexity index is 1570. The Morgan fingerprint density at radius 1 is 1.25 bits per heavy atom. The van der Waals surface area contributed by atoms with Crippen molar-refractivity contribution in [3.05, 3.63) is 45.9 Å². The summed E-state index contributed by atoms with van der Waals surface area (Å²) < 4.78 is 0.666. The van der Waals surface area contributed by atoms with Gasteiger partial charge >= 0.3 is 5.97 Å². The summed E-state index contributed by atoms with van der Waals surface area (Å²) in [6.07, 6.45) is 0. The summed E-state index contributed by atoms with van der Waals surface area (Å²) in [6.45, 7) is 0. The molecule has 2 amide bonds. The number of nitrogens with zero attached hydrogens (tertiary/aromatic N) is 4. The lowest BCUT2D eigenvalue weighted by Gasteiger charge is -2.49. The largest absolute Gasteiger partial charge is 0.504 e. The summed E-state index contributed by atoms with van der Waals surface area (Å²) in [6, 6.07) is 3.45. The second-order valence-corrected chi connectivity index (χ2v) is 12.4. The normalized spacial score (nSPS) is 18.8. The number of carbonyl (C=O) groups excluding carboxylic acids is 2. The zero-order valence-electron chi connectivity index (χ0n) is 20.4. The van der Waals surface area contributed by atoms with Crippen LogP contribution in [0.1, 0.15) is 5.69 Å². The molecule has 0 aliphatic carbocycles. The number of rotatable bonds is 9. The van der Waals surface area contributed by atoms with Gasteiger partial charge in [0, 0.05) is 27.8 Å². The predicted molar refractivity (Wildman–Crippen MR) is 151 cm³/mol. The van der Waals surface area contributed by atoms with Gasteiger partial charge in [-0.3, -0.25) is 14.5 Å². The number of hydrogen-bond donors (Lipinski definition) is 5. The van der Waals surface area contributed by atoms with Gasteiger partial charge in [0.25, 0.3) is 11.8 Å². The van der Waals surface area contributed by atoms with E-state index in [4.69, 9.17) is 10.6 Å². The van der Waals surface area contributed by atoms with Crippen molar-refractivity contribution in [3.63, 3.8) is 0 Å². The Kier molecular flexibility index (Phi) is 7.88. The van der Waals surface area contributed by atoms with Crippen molar-refractivity contribution in [1.29, 1.82) is 0 Å². The molecule has 1 fully saturated rings. The van der Waals surface area contributed by atoms with E-state index in [2.05, 4.69) is 20.4 Å². The first-order chi connectivity index (χ1) is 19.2. The van der Waals surface area contributed by atoms with E-state index in [0.717, 1.165) is 11.3 Å². The Balaban J connectivity index is 1.28. The Morgan fingerprint density at radius 3 is 2.73 bits per heavy atom. The minimum absolute atomic E-state index is 0.106. The molecule has 2 aliphatic heterocycles. The van der Waals surface area contributed by atoms with Crippen LogP contribution in [0.2, 0.25) is 0 Å². The van der Waals surface area contributed by atoms with Crippen LogP contribution in [0.5, 0.6) is 11.5 Å². The Morgan fingerprint density at radius 2 is 2.05 bits per heavy atom. The van der Waals surface area contributed by atoms with E-state index in [1.807, 2.05) is 0 Å². The SMILES string of the molecule is CON=C(C(=O)N[C@@H]1C(=O)N2C(C(=O)O)=C(CSc3nc(-c4ccc(O)c(O)c4)cs3)CS[C@H]12)c1csc(N)n1. The van der Waals surface area contributed by atoms with Gasteiger partial charge in [-0.15, -0.1) is 34.4 Å². The first-order valence-corrected chi connectivity index (χ1v) is 15.1. The molecule has 17 heteroatoms. The van der Waals surface area contributed by atoms with Gasteiger partial charge in [0.2, 0.25) is 0 Å². The molecule has 0 spiro atoms. The van der Waals surface area contributed by atoms with Crippen molar-refractivity contribution < 1.29 is 34.5 Å². The van der Waals surface area contributed by atoms with Crippen molar-refractivity contribution >= 4 is 74.8 Å². The molecule has 1 aromatic carbocycles. The molecule has 208 valence electrons. The van der Waals surface area contributed by atoms with Crippen molar-refractivity contribution in [2.24, 2.45) is 5.16 Å².